The number of fused-ring (bicyclic) bond motifs is 1. The molecule has 0 unspecified atom stereocenters. The minimum atomic E-state index is -0.483. The van der Waals surface area contributed by atoms with Crippen LogP contribution in [0.2, 0.25) is 5.02 Å². The fraction of sp³-hybridized carbons (Fsp3) is 0.438. The molecule has 0 radical (unpaired) electrons. The third-order valence-corrected chi connectivity index (χ3v) is 4.93. The zero-order valence-electron chi connectivity index (χ0n) is 13.0. The predicted molar refractivity (Wildman–Crippen MR) is 87.3 cm³/mol. The Kier molecular flexibility index (Phi) is 3.97. The van der Waals surface area contributed by atoms with Gasteiger partial charge in [-0.05, 0) is 37.5 Å². The maximum atomic E-state index is 13.3. The molecule has 1 aromatic carbocycles. The average Bonchev–Trinajstić information content (AvgIpc) is 3.18. The van der Waals surface area contributed by atoms with E-state index in [0.29, 0.717) is 18.7 Å². The molecule has 0 saturated carbocycles. The van der Waals surface area contributed by atoms with Crippen LogP contribution >= 0.6 is 11.6 Å². The maximum Gasteiger partial charge on any atom is 0.244 e. The van der Waals surface area contributed by atoms with Gasteiger partial charge in [-0.25, -0.2) is 14.1 Å². The molecule has 2 atom stereocenters. The molecule has 6 nitrogen and oxygen atoms in total. The largest absolute Gasteiger partial charge is 0.311 e. The lowest BCUT2D eigenvalue weighted by atomic mass is 10.1. The Morgan fingerprint density at radius 3 is 2.96 bits per heavy atom. The second-order valence-electron chi connectivity index (χ2n) is 6.13. The molecule has 24 heavy (non-hydrogen) atoms. The van der Waals surface area contributed by atoms with Gasteiger partial charge < -0.3 is 4.90 Å². The number of hydrogen-bond acceptors (Lipinski definition) is 4. The van der Waals surface area contributed by atoms with Crippen molar-refractivity contribution in [3.05, 3.63) is 41.2 Å². The van der Waals surface area contributed by atoms with Crippen LogP contribution in [-0.2, 0) is 11.3 Å². The fourth-order valence-corrected chi connectivity index (χ4v) is 3.61. The Bertz CT molecular complexity index is 780. The van der Waals surface area contributed by atoms with Gasteiger partial charge in [-0.15, -0.1) is 0 Å². The van der Waals surface area contributed by atoms with E-state index < -0.39 is 5.82 Å². The van der Waals surface area contributed by atoms with E-state index in [1.807, 2.05) is 4.68 Å². The van der Waals surface area contributed by atoms with E-state index in [2.05, 4.69) is 15.4 Å². The van der Waals surface area contributed by atoms with Crippen LogP contribution < -0.4 is 10.2 Å². The van der Waals surface area contributed by atoms with Crippen LogP contribution in [0, 0.1) is 5.82 Å². The van der Waals surface area contributed by atoms with Crippen molar-refractivity contribution in [1.82, 2.24) is 20.1 Å². The van der Waals surface area contributed by atoms with Crippen LogP contribution in [0.1, 0.15) is 31.1 Å². The number of anilines is 1. The highest BCUT2D eigenvalue weighted by molar-refractivity contribution is 6.31. The van der Waals surface area contributed by atoms with E-state index in [4.69, 9.17) is 11.6 Å². The molecular weight excluding hydrogens is 333 g/mol. The molecular formula is C16H17ClFN5O. The van der Waals surface area contributed by atoms with E-state index in [9.17, 15) is 9.18 Å². The number of nitrogens with one attached hydrogen (secondary N) is 1. The Labute approximate surface area is 143 Å². The highest BCUT2D eigenvalue weighted by Gasteiger charge is 2.35. The fourth-order valence-electron chi connectivity index (χ4n) is 3.43. The molecule has 4 rings (SSSR count). The van der Waals surface area contributed by atoms with E-state index in [1.165, 1.54) is 12.1 Å². The Morgan fingerprint density at radius 1 is 1.25 bits per heavy atom. The average molecular weight is 350 g/mol. The number of aromatic nitrogens is 3. The van der Waals surface area contributed by atoms with E-state index in [-0.39, 0.29) is 23.0 Å². The molecule has 2 aliphatic heterocycles. The summed E-state index contributed by atoms with van der Waals surface area (Å²) in [5, 5.41) is 7.64. The molecule has 2 aromatic rings. The summed E-state index contributed by atoms with van der Waals surface area (Å²) in [6.45, 7) is 1.45. The third kappa shape index (κ3) is 2.67. The zero-order valence-corrected chi connectivity index (χ0v) is 13.7. The van der Waals surface area contributed by atoms with Crippen LogP contribution in [0.5, 0.6) is 0 Å². The van der Waals surface area contributed by atoms with Gasteiger partial charge in [0.1, 0.15) is 18.0 Å². The predicted octanol–water partition coefficient (Wildman–Crippen LogP) is 2.30. The van der Waals surface area contributed by atoms with E-state index >= 15 is 0 Å². The molecule has 1 N–H and O–H groups in total. The standard InChI is InChI=1S/C16H17ClFN5O/c17-11-8-10(3-4-12(11)18)22-7-5-14(16(22)24)21-13-2-1-6-23-15(13)19-9-20-23/h3-4,8-9,13-14,21H,1-2,5-7H2/t13-,14+/m1/s1. The SMILES string of the molecule is O=C1[C@@H](N[C@@H]2CCCn3ncnc32)CCN1c1ccc(F)c(Cl)c1. The van der Waals surface area contributed by atoms with E-state index in [0.717, 1.165) is 25.2 Å². The third-order valence-electron chi connectivity index (χ3n) is 4.64. The van der Waals surface area contributed by atoms with Gasteiger partial charge in [0.15, 0.2) is 0 Å². The summed E-state index contributed by atoms with van der Waals surface area (Å²) in [4.78, 5) is 18.7. The molecule has 0 spiro atoms. The highest BCUT2D eigenvalue weighted by Crippen LogP contribution is 2.29. The number of aryl methyl sites for hydroxylation is 1. The van der Waals surface area contributed by atoms with Gasteiger partial charge in [-0.3, -0.25) is 10.1 Å². The Balaban J connectivity index is 1.49. The molecule has 0 aliphatic carbocycles. The van der Waals surface area contributed by atoms with Crippen molar-refractivity contribution in [2.75, 3.05) is 11.4 Å². The lowest BCUT2D eigenvalue weighted by Gasteiger charge is -2.26. The van der Waals surface area contributed by atoms with Crippen LogP contribution in [0.3, 0.4) is 0 Å². The lowest BCUT2D eigenvalue weighted by molar-refractivity contribution is -0.119. The minimum Gasteiger partial charge on any atom is -0.311 e. The first-order chi connectivity index (χ1) is 11.6. The number of rotatable bonds is 3. The Morgan fingerprint density at radius 2 is 2.12 bits per heavy atom. The first-order valence-electron chi connectivity index (χ1n) is 8.03. The van der Waals surface area contributed by atoms with Crippen LogP contribution in [-0.4, -0.2) is 33.3 Å². The molecule has 126 valence electrons. The second-order valence-corrected chi connectivity index (χ2v) is 6.54. The topological polar surface area (TPSA) is 63.1 Å². The molecule has 1 aromatic heterocycles. The summed E-state index contributed by atoms with van der Waals surface area (Å²) in [5.41, 5.74) is 0.627. The molecule has 1 saturated heterocycles. The van der Waals surface area contributed by atoms with Gasteiger partial charge >= 0.3 is 0 Å². The first-order valence-corrected chi connectivity index (χ1v) is 8.41. The van der Waals surface area contributed by atoms with Crippen LogP contribution in [0.4, 0.5) is 10.1 Å². The quantitative estimate of drug-likeness (QED) is 0.923. The second kappa shape index (κ2) is 6.14. The molecule has 2 aliphatic rings. The molecule has 0 bridgehead atoms. The van der Waals surface area contributed by atoms with Gasteiger partial charge in [0.2, 0.25) is 5.91 Å². The summed E-state index contributed by atoms with van der Waals surface area (Å²) in [6, 6.07) is 4.12. The summed E-state index contributed by atoms with van der Waals surface area (Å²) in [5.74, 6) is 0.384. The van der Waals surface area contributed by atoms with Crippen molar-refractivity contribution < 1.29 is 9.18 Å². The number of hydrogen-bond donors (Lipinski definition) is 1. The molecule has 1 fully saturated rings. The van der Waals surface area contributed by atoms with Crippen molar-refractivity contribution in [1.29, 1.82) is 0 Å². The number of benzene rings is 1. The number of amides is 1. The summed E-state index contributed by atoms with van der Waals surface area (Å²) >= 11 is 5.83. The van der Waals surface area contributed by atoms with Crippen molar-refractivity contribution in [3.63, 3.8) is 0 Å². The number of halogens is 2. The summed E-state index contributed by atoms with van der Waals surface area (Å²) < 4.78 is 15.2. The maximum absolute atomic E-state index is 13.3. The Hall–Kier alpha value is -1.99. The van der Waals surface area contributed by atoms with Gasteiger partial charge in [0.05, 0.1) is 17.1 Å². The molecule has 8 heteroatoms. The molecule has 1 amide bonds. The summed E-state index contributed by atoms with van der Waals surface area (Å²) in [7, 11) is 0. The number of carbonyl (C=O) groups is 1. The van der Waals surface area contributed by atoms with Crippen molar-refractivity contribution >= 4 is 23.2 Å². The van der Waals surface area contributed by atoms with Crippen LogP contribution in [0.25, 0.3) is 0 Å². The smallest absolute Gasteiger partial charge is 0.244 e. The van der Waals surface area contributed by atoms with Crippen molar-refractivity contribution in [2.45, 2.75) is 37.9 Å². The van der Waals surface area contributed by atoms with Gasteiger partial charge in [-0.1, -0.05) is 11.6 Å². The van der Waals surface area contributed by atoms with Gasteiger partial charge in [-0.2, -0.15) is 5.10 Å². The lowest BCUT2D eigenvalue weighted by Crippen LogP contribution is -2.42. The minimum absolute atomic E-state index is 0.0192. The van der Waals surface area contributed by atoms with Gasteiger partial charge in [0, 0.05) is 18.8 Å². The van der Waals surface area contributed by atoms with Gasteiger partial charge in [0.25, 0.3) is 0 Å². The summed E-state index contributed by atoms with van der Waals surface area (Å²) in [6.07, 6.45) is 4.19. The van der Waals surface area contributed by atoms with E-state index in [1.54, 1.807) is 17.3 Å². The number of carbonyl (C=O) groups excluding carboxylic acids is 1. The first kappa shape index (κ1) is 15.5. The highest BCUT2D eigenvalue weighted by atomic mass is 35.5. The number of nitrogens with zero attached hydrogens (tertiary/aromatic N) is 4. The zero-order chi connectivity index (χ0) is 16.7. The van der Waals surface area contributed by atoms with Crippen molar-refractivity contribution in [3.8, 4) is 0 Å². The van der Waals surface area contributed by atoms with Crippen molar-refractivity contribution in [2.24, 2.45) is 0 Å². The van der Waals surface area contributed by atoms with Crippen LogP contribution in [0.15, 0.2) is 24.5 Å². The normalized spacial score (nSPS) is 23.6. The monoisotopic (exact) mass is 349 g/mol. The molecule has 3 heterocycles.